The highest BCUT2D eigenvalue weighted by Gasteiger charge is 2.39. The largest absolute Gasteiger partial charge is 0.355 e. The molecule has 1 amide bonds. The summed E-state index contributed by atoms with van der Waals surface area (Å²) in [4.78, 5) is 14.1. The average Bonchev–Trinajstić information content (AvgIpc) is 3.01. The van der Waals surface area contributed by atoms with Crippen LogP contribution in [0.3, 0.4) is 0 Å². The molecule has 1 saturated heterocycles. The summed E-state index contributed by atoms with van der Waals surface area (Å²) in [5, 5.41) is 8.72. The molecule has 4 heteroatoms. The van der Waals surface area contributed by atoms with Gasteiger partial charge in [-0.3, -0.25) is 4.79 Å². The molecule has 21 heavy (non-hydrogen) atoms. The van der Waals surface area contributed by atoms with Crippen molar-refractivity contribution in [3.05, 3.63) is 22.4 Å². The second-order valence-electron chi connectivity index (χ2n) is 6.82. The van der Waals surface area contributed by atoms with Gasteiger partial charge in [-0.25, -0.2) is 0 Å². The first-order valence-corrected chi connectivity index (χ1v) is 8.91. The zero-order valence-electron chi connectivity index (χ0n) is 13.5. The molecule has 118 valence electrons. The molecule has 0 atom stereocenters. The number of amides is 1. The van der Waals surface area contributed by atoms with E-state index in [2.05, 4.69) is 48.9 Å². The first kappa shape index (κ1) is 16.5. The van der Waals surface area contributed by atoms with E-state index in [1.165, 1.54) is 4.88 Å². The lowest BCUT2D eigenvalue weighted by Crippen LogP contribution is -2.49. The van der Waals surface area contributed by atoms with Gasteiger partial charge in [-0.05, 0) is 43.8 Å². The Labute approximate surface area is 132 Å². The van der Waals surface area contributed by atoms with Gasteiger partial charge in [0.15, 0.2) is 0 Å². The number of nitrogens with one attached hydrogen (secondary N) is 2. The fraction of sp³-hybridized carbons (Fsp3) is 0.706. The van der Waals surface area contributed by atoms with E-state index in [0.29, 0.717) is 6.54 Å². The Morgan fingerprint density at radius 3 is 2.71 bits per heavy atom. The molecular formula is C17H28N2OS. The molecular weight excluding hydrogens is 280 g/mol. The molecule has 2 heterocycles. The minimum absolute atomic E-state index is 0.00412. The smallest absolute Gasteiger partial charge is 0.226 e. The van der Waals surface area contributed by atoms with Crippen LogP contribution >= 0.6 is 11.3 Å². The van der Waals surface area contributed by atoms with Crippen molar-refractivity contribution in [3.63, 3.8) is 0 Å². The summed E-state index contributed by atoms with van der Waals surface area (Å²) in [6.07, 6.45) is 4.00. The molecule has 0 unspecified atom stereocenters. The predicted octanol–water partition coefficient (Wildman–Crippen LogP) is 3.31. The molecule has 1 aromatic rings. The topological polar surface area (TPSA) is 41.1 Å². The molecule has 0 radical (unpaired) electrons. The van der Waals surface area contributed by atoms with Crippen LogP contribution in [0.1, 0.15) is 51.3 Å². The molecule has 1 aliphatic heterocycles. The monoisotopic (exact) mass is 308 g/mol. The van der Waals surface area contributed by atoms with Gasteiger partial charge < -0.3 is 10.6 Å². The van der Waals surface area contributed by atoms with E-state index in [1.54, 1.807) is 11.3 Å². The minimum atomic E-state index is -0.147. The van der Waals surface area contributed by atoms with Gasteiger partial charge in [-0.2, -0.15) is 0 Å². The third kappa shape index (κ3) is 3.86. The second kappa shape index (κ2) is 6.93. The fourth-order valence-electron chi connectivity index (χ4n) is 3.21. The Kier molecular flexibility index (Phi) is 5.44. The van der Waals surface area contributed by atoms with Gasteiger partial charge in [-0.1, -0.05) is 33.3 Å². The van der Waals surface area contributed by atoms with Gasteiger partial charge in [0.2, 0.25) is 5.91 Å². The van der Waals surface area contributed by atoms with E-state index >= 15 is 0 Å². The van der Waals surface area contributed by atoms with Crippen molar-refractivity contribution in [2.45, 2.75) is 51.9 Å². The van der Waals surface area contributed by atoms with Crippen molar-refractivity contribution in [2.75, 3.05) is 19.6 Å². The fourth-order valence-corrected chi connectivity index (χ4v) is 4.07. The standard InChI is InChI=1S/C17H28N2OS/c1-4-7-17(8-10-18-11-9-17)15(20)19-13-16(2,3)14-6-5-12-21-14/h5-6,12,18H,4,7-11,13H2,1-3H3,(H,19,20). The Bertz CT molecular complexity index is 442. The van der Waals surface area contributed by atoms with Gasteiger partial charge in [0.25, 0.3) is 0 Å². The lowest BCUT2D eigenvalue weighted by atomic mass is 9.74. The predicted molar refractivity (Wildman–Crippen MR) is 89.8 cm³/mol. The molecule has 0 saturated carbocycles. The Morgan fingerprint density at radius 1 is 1.43 bits per heavy atom. The van der Waals surface area contributed by atoms with Crippen LogP contribution in [-0.4, -0.2) is 25.5 Å². The maximum atomic E-state index is 12.8. The van der Waals surface area contributed by atoms with Crippen molar-refractivity contribution < 1.29 is 4.79 Å². The number of carbonyl (C=O) groups excluding carboxylic acids is 1. The number of hydrogen-bond donors (Lipinski definition) is 2. The molecule has 3 nitrogen and oxygen atoms in total. The lowest BCUT2D eigenvalue weighted by Gasteiger charge is -2.37. The van der Waals surface area contributed by atoms with Gasteiger partial charge in [-0.15, -0.1) is 11.3 Å². The minimum Gasteiger partial charge on any atom is -0.355 e. The number of hydrogen-bond acceptors (Lipinski definition) is 3. The van der Waals surface area contributed by atoms with Crippen LogP contribution in [0.4, 0.5) is 0 Å². The van der Waals surface area contributed by atoms with E-state index < -0.39 is 0 Å². The molecule has 2 N–H and O–H groups in total. The van der Waals surface area contributed by atoms with Gasteiger partial charge in [0.1, 0.15) is 0 Å². The Balaban J connectivity index is 1.99. The zero-order valence-corrected chi connectivity index (χ0v) is 14.3. The number of piperidine rings is 1. The molecule has 1 fully saturated rings. The number of rotatable bonds is 6. The van der Waals surface area contributed by atoms with Gasteiger partial charge in [0, 0.05) is 16.8 Å². The van der Waals surface area contributed by atoms with Crippen LogP contribution in [0.5, 0.6) is 0 Å². The first-order valence-electron chi connectivity index (χ1n) is 8.03. The van der Waals surface area contributed by atoms with Crippen LogP contribution in [-0.2, 0) is 10.2 Å². The maximum Gasteiger partial charge on any atom is 0.226 e. The first-order chi connectivity index (χ1) is 10.0. The third-order valence-electron chi connectivity index (χ3n) is 4.65. The lowest BCUT2D eigenvalue weighted by molar-refractivity contribution is -0.133. The van der Waals surface area contributed by atoms with Crippen molar-refractivity contribution in [2.24, 2.45) is 5.41 Å². The number of carbonyl (C=O) groups is 1. The van der Waals surface area contributed by atoms with Crippen LogP contribution in [0.2, 0.25) is 0 Å². The van der Waals surface area contributed by atoms with Crippen molar-refractivity contribution in [3.8, 4) is 0 Å². The SMILES string of the molecule is CCCC1(C(=O)NCC(C)(C)c2cccs2)CCNCC1. The van der Waals surface area contributed by atoms with Gasteiger partial charge >= 0.3 is 0 Å². The van der Waals surface area contributed by atoms with Crippen molar-refractivity contribution >= 4 is 17.2 Å². The highest BCUT2D eigenvalue weighted by molar-refractivity contribution is 7.10. The highest BCUT2D eigenvalue weighted by atomic mass is 32.1. The van der Waals surface area contributed by atoms with Crippen LogP contribution in [0.15, 0.2) is 17.5 Å². The van der Waals surface area contributed by atoms with Crippen molar-refractivity contribution in [1.29, 1.82) is 0 Å². The van der Waals surface area contributed by atoms with E-state index in [1.807, 2.05) is 0 Å². The summed E-state index contributed by atoms with van der Waals surface area (Å²) >= 11 is 1.77. The second-order valence-corrected chi connectivity index (χ2v) is 7.77. The molecule has 0 spiro atoms. The Morgan fingerprint density at radius 2 is 2.14 bits per heavy atom. The normalized spacial score (nSPS) is 18.4. The van der Waals surface area contributed by atoms with E-state index in [4.69, 9.17) is 0 Å². The summed E-state index contributed by atoms with van der Waals surface area (Å²) in [5.74, 6) is 0.260. The summed E-state index contributed by atoms with van der Waals surface area (Å²) < 4.78 is 0. The average molecular weight is 308 g/mol. The highest BCUT2D eigenvalue weighted by Crippen LogP contribution is 2.35. The quantitative estimate of drug-likeness (QED) is 0.846. The summed E-state index contributed by atoms with van der Waals surface area (Å²) in [5.41, 5.74) is -0.143. The molecule has 1 aromatic heterocycles. The van der Waals surface area contributed by atoms with Crippen LogP contribution < -0.4 is 10.6 Å². The molecule has 0 bridgehead atoms. The molecule has 0 aliphatic carbocycles. The third-order valence-corrected chi connectivity index (χ3v) is 5.89. The van der Waals surface area contributed by atoms with E-state index in [9.17, 15) is 4.79 Å². The molecule has 2 rings (SSSR count). The summed E-state index contributed by atoms with van der Waals surface area (Å²) in [7, 11) is 0. The number of thiophene rings is 1. The van der Waals surface area contributed by atoms with Crippen LogP contribution in [0.25, 0.3) is 0 Å². The summed E-state index contributed by atoms with van der Waals surface area (Å²) in [6, 6.07) is 4.23. The summed E-state index contributed by atoms with van der Waals surface area (Å²) in [6.45, 7) is 9.21. The van der Waals surface area contributed by atoms with E-state index in [-0.39, 0.29) is 16.7 Å². The Hall–Kier alpha value is -0.870. The van der Waals surface area contributed by atoms with Crippen LogP contribution in [0, 0.1) is 5.41 Å². The van der Waals surface area contributed by atoms with Crippen molar-refractivity contribution in [1.82, 2.24) is 10.6 Å². The molecule has 0 aromatic carbocycles. The van der Waals surface area contributed by atoms with E-state index in [0.717, 1.165) is 38.8 Å². The molecule has 1 aliphatic rings. The maximum absolute atomic E-state index is 12.8. The zero-order chi connectivity index (χ0) is 15.3. The van der Waals surface area contributed by atoms with Gasteiger partial charge in [0.05, 0.1) is 5.41 Å².